The van der Waals surface area contributed by atoms with Gasteiger partial charge in [0.2, 0.25) is 0 Å². The van der Waals surface area contributed by atoms with Crippen LogP contribution < -0.4 is 0 Å². The van der Waals surface area contributed by atoms with Gasteiger partial charge in [-0.1, -0.05) is 32.9 Å². The maximum absolute atomic E-state index is 13.3. The van der Waals surface area contributed by atoms with E-state index < -0.39 is 0 Å². The van der Waals surface area contributed by atoms with Crippen LogP contribution in [0.25, 0.3) is 11.0 Å². The van der Waals surface area contributed by atoms with E-state index in [0.29, 0.717) is 0 Å². The molecule has 0 spiro atoms. The molecular weight excluding hydrogens is 344 g/mol. The van der Waals surface area contributed by atoms with Crippen LogP contribution in [0.15, 0.2) is 24.3 Å². The number of hydrogen-bond acceptors (Lipinski definition) is 4. The van der Waals surface area contributed by atoms with Crippen molar-refractivity contribution in [2.45, 2.75) is 52.0 Å². The zero-order valence-electron chi connectivity index (χ0n) is 15.7. The SMILES string of the molecule is Cc1nc(C(C)(C)C)sc1C(=O)N1CCCC1c1nc2ccccc2[nH]1. The summed E-state index contributed by atoms with van der Waals surface area (Å²) in [7, 11) is 0. The first-order valence-electron chi connectivity index (χ1n) is 9.08. The number of rotatable bonds is 2. The summed E-state index contributed by atoms with van der Waals surface area (Å²) in [6.07, 6.45) is 1.94. The van der Waals surface area contributed by atoms with Gasteiger partial charge < -0.3 is 9.88 Å². The fourth-order valence-corrected chi connectivity index (χ4v) is 4.55. The first-order chi connectivity index (χ1) is 12.3. The minimum absolute atomic E-state index is 0.00878. The van der Waals surface area contributed by atoms with Crippen LogP contribution in [0, 0.1) is 6.92 Å². The molecule has 0 saturated carbocycles. The van der Waals surface area contributed by atoms with Crippen molar-refractivity contribution >= 4 is 28.3 Å². The predicted molar refractivity (Wildman–Crippen MR) is 105 cm³/mol. The van der Waals surface area contributed by atoms with Crippen LogP contribution in [0.4, 0.5) is 0 Å². The zero-order chi connectivity index (χ0) is 18.5. The molecule has 1 aliphatic heterocycles. The van der Waals surface area contributed by atoms with Gasteiger partial charge in [0, 0.05) is 12.0 Å². The molecule has 136 valence electrons. The molecule has 4 rings (SSSR count). The average Bonchev–Trinajstić information content (AvgIpc) is 3.30. The molecule has 1 amide bonds. The van der Waals surface area contributed by atoms with E-state index in [-0.39, 0.29) is 17.4 Å². The maximum Gasteiger partial charge on any atom is 0.266 e. The number of thiazole rings is 1. The molecule has 1 saturated heterocycles. The standard InChI is InChI=1S/C20H24N4OS/c1-12-16(26-19(21-12)20(2,3)4)18(25)24-11-7-10-15(24)17-22-13-8-5-6-9-14(13)23-17/h5-6,8-9,15H,7,10-11H2,1-4H3,(H,22,23). The van der Waals surface area contributed by atoms with Crippen LogP contribution in [0.2, 0.25) is 0 Å². The van der Waals surface area contributed by atoms with Crippen LogP contribution in [-0.4, -0.2) is 32.3 Å². The molecule has 0 bridgehead atoms. The third-order valence-electron chi connectivity index (χ3n) is 4.87. The number of carbonyl (C=O) groups excluding carboxylic acids is 1. The minimum atomic E-state index is -0.0445. The summed E-state index contributed by atoms with van der Waals surface area (Å²) < 4.78 is 0. The molecule has 1 N–H and O–H groups in total. The van der Waals surface area contributed by atoms with Crippen molar-refractivity contribution in [3.8, 4) is 0 Å². The van der Waals surface area contributed by atoms with E-state index in [1.807, 2.05) is 36.1 Å². The summed E-state index contributed by atoms with van der Waals surface area (Å²) in [5.41, 5.74) is 2.76. The highest BCUT2D eigenvalue weighted by atomic mass is 32.1. The van der Waals surface area contributed by atoms with E-state index in [9.17, 15) is 4.79 Å². The van der Waals surface area contributed by atoms with Crippen LogP contribution in [-0.2, 0) is 5.41 Å². The van der Waals surface area contributed by atoms with E-state index in [4.69, 9.17) is 4.98 Å². The lowest BCUT2D eigenvalue weighted by Gasteiger charge is -2.22. The lowest BCUT2D eigenvalue weighted by Crippen LogP contribution is -2.31. The average molecular weight is 369 g/mol. The summed E-state index contributed by atoms with van der Waals surface area (Å²) in [6.45, 7) is 9.10. The smallest absolute Gasteiger partial charge is 0.266 e. The normalized spacial score (nSPS) is 18.0. The van der Waals surface area contributed by atoms with E-state index in [0.717, 1.165) is 51.8 Å². The van der Waals surface area contributed by atoms with Gasteiger partial charge >= 0.3 is 0 Å². The van der Waals surface area contributed by atoms with E-state index in [2.05, 4.69) is 30.7 Å². The van der Waals surface area contributed by atoms with Gasteiger partial charge in [0.05, 0.1) is 27.8 Å². The maximum atomic E-state index is 13.3. The monoisotopic (exact) mass is 368 g/mol. The molecular formula is C20H24N4OS. The number of para-hydroxylation sites is 2. The number of likely N-dealkylation sites (tertiary alicyclic amines) is 1. The number of imidazole rings is 1. The van der Waals surface area contributed by atoms with E-state index >= 15 is 0 Å². The fourth-order valence-electron chi connectivity index (χ4n) is 3.47. The van der Waals surface area contributed by atoms with Gasteiger partial charge in [-0.05, 0) is 31.9 Å². The molecule has 0 radical (unpaired) electrons. The summed E-state index contributed by atoms with van der Waals surface area (Å²) in [5.74, 6) is 0.966. The molecule has 6 heteroatoms. The molecule has 0 aliphatic carbocycles. The number of nitrogens with zero attached hydrogens (tertiary/aromatic N) is 3. The number of hydrogen-bond donors (Lipinski definition) is 1. The lowest BCUT2D eigenvalue weighted by molar-refractivity contribution is 0.0734. The third kappa shape index (κ3) is 2.92. The molecule has 1 aliphatic rings. The summed E-state index contributed by atoms with van der Waals surface area (Å²) in [6, 6.07) is 8.01. The van der Waals surface area contributed by atoms with Gasteiger partial charge in [0.1, 0.15) is 10.7 Å². The van der Waals surface area contributed by atoms with Gasteiger partial charge in [-0.25, -0.2) is 9.97 Å². The van der Waals surface area contributed by atoms with E-state index in [1.165, 1.54) is 11.3 Å². The summed E-state index contributed by atoms with van der Waals surface area (Å²) >= 11 is 1.53. The number of carbonyl (C=O) groups is 1. The second kappa shape index (κ2) is 6.20. The quantitative estimate of drug-likeness (QED) is 0.719. The Balaban J connectivity index is 1.66. The molecule has 5 nitrogen and oxygen atoms in total. The molecule has 1 aromatic carbocycles. The highest BCUT2D eigenvalue weighted by molar-refractivity contribution is 7.14. The predicted octanol–water partition coefficient (Wildman–Crippen LogP) is 4.60. The Labute approximate surface area is 157 Å². The molecule has 1 unspecified atom stereocenters. The van der Waals surface area contributed by atoms with Gasteiger partial charge in [0.25, 0.3) is 5.91 Å². The highest BCUT2D eigenvalue weighted by Gasteiger charge is 2.35. The van der Waals surface area contributed by atoms with Crippen molar-refractivity contribution in [2.24, 2.45) is 0 Å². The Morgan fingerprint density at radius 1 is 1.27 bits per heavy atom. The third-order valence-corrected chi connectivity index (χ3v) is 6.44. The van der Waals surface area contributed by atoms with Crippen molar-refractivity contribution in [3.63, 3.8) is 0 Å². The summed E-state index contributed by atoms with van der Waals surface area (Å²) in [5, 5.41) is 1.01. The number of H-pyrrole nitrogens is 1. The first-order valence-corrected chi connectivity index (χ1v) is 9.90. The number of fused-ring (bicyclic) bond motifs is 1. The van der Waals surface area contributed by atoms with Gasteiger partial charge in [-0.15, -0.1) is 11.3 Å². The fraction of sp³-hybridized carbons (Fsp3) is 0.450. The highest BCUT2D eigenvalue weighted by Crippen LogP contribution is 2.36. The molecule has 3 aromatic rings. The van der Waals surface area contributed by atoms with Crippen LogP contribution in [0.5, 0.6) is 0 Å². The van der Waals surface area contributed by atoms with Gasteiger partial charge in [-0.3, -0.25) is 4.79 Å². The first kappa shape index (κ1) is 17.2. The number of nitrogens with one attached hydrogen (secondary N) is 1. The second-order valence-electron chi connectivity index (χ2n) is 7.98. The van der Waals surface area contributed by atoms with Crippen LogP contribution in [0.1, 0.15) is 65.9 Å². The minimum Gasteiger partial charge on any atom is -0.340 e. The van der Waals surface area contributed by atoms with Crippen molar-refractivity contribution in [1.29, 1.82) is 0 Å². The Kier molecular flexibility index (Phi) is 4.10. The van der Waals surface area contributed by atoms with Crippen molar-refractivity contribution in [1.82, 2.24) is 19.9 Å². The molecule has 26 heavy (non-hydrogen) atoms. The van der Waals surface area contributed by atoms with Crippen molar-refractivity contribution < 1.29 is 4.79 Å². The molecule has 3 heterocycles. The number of benzene rings is 1. The Morgan fingerprint density at radius 2 is 2.04 bits per heavy atom. The summed E-state index contributed by atoms with van der Waals surface area (Å²) in [4.78, 5) is 28.8. The second-order valence-corrected chi connectivity index (χ2v) is 8.98. The number of aromatic nitrogens is 3. The number of aromatic amines is 1. The largest absolute Gasteiger partial charge is 0.340 e. The van der Waals surface area contributed by atoms with Gasteiger partial charge in [-0.2, -0.15) is 0 Å². The van der Waals surface area contributed by atoms with Crippen molar-refractivity contribution in [2.75, 3.05) is 6.54 Å². The van der Waals surface area contributed by atoms with Crippen LogP contribution in [0.3, 0.4) is 0 Å². The number of aryl methyl sites for hydroxylation is 1. The molecule has 1 fully saturated rings. The van der Waals surface area contributed by atoms with Gasteiger partial charge in [0.15, 0.2) is 0 Å². The molecule has 1 atom stereocenters. The topological polar surface area (TPSA) is 61.9 Å². The zero-order valence-corrected chi connectivity index (χ0v) is 16.5. The van der Waals surface area contributed by atoms with Crippen molar-refractivity contribution in [3.05, 3.63) is 45.7 Å². The Hall–Kier alpha value is -2.21. The van der Waals surface area contributed by atoms with Crippen LogP contribution >= 0.6 is 11.3 Å². The molecule has 2 aromatic heterocycles. The Morgan fingerprint density at radius 3 is 2.73 bits per heavy atom. The Bertz CT molecular complexity index is 933. The number of amides is 1. The van der Waals surface area contributed by atoms with E-state index in [1.54, 1.807) is 0 Å². The lowest BCUT2D eigenvalue weighted by atomic mass is 9.98.